The van der Waals surface area contributed by atoms with Crippen LogP contribution in [0.4, 0.5) is 4.39 Å². The summed E-state index contributed by atoms with van der Waals surface area (Å²) in [7, 11) is 0. The van der Waals surface area contributed by atoms with Crippen molar-refractivity contribution in [2.24, 2.45) is 0 Å². The second-order valence-electron chi connectivity index (χ2n) is 5.31. The maximum absolute atomic E-state index is 14.1. The Morgan fingerprint density at radius 2 is 2.05 bits per heavy atom. The van der Waals surface area contributed by atoms with E-state index in [0.717, 1.165) is 37.9 Å². The molecule has 0 radical (unpaired) electrons. The molecule has 3 rings (SSSR count). The molecule has 1 atom stereocenters. The first-order chi connectivity index (χ1) is 9.33. The van der Waals surface area contributed by atoms with Gasteiger partial charge in [-0.3, -0.25) is 0 Å². The van der Waals surface area contributed by atoms with Gasteiger partial charge >= 0.3 is 0 Å². The molecule has 1 unspecified atom stereocenters. The third-order valence-electron chi connectivity index (χ3n) is 3.95. The lowest BCUT2D eigenvalue weighted by atomic mass is 9.98. The molecule has 4 heteroatoms. The topological polar surface area (TPSA) is 30.5 Å². The monoisotopic (exact) mass is 265 g/mol. The van der Waals surface area contributed by atoms with E-state index in [2.05, 4.69) is 5.32 Å². The van der Waals surface area contributed by atoms with E-state index >= 15 is 0 Å². The predicted molar refractivity (Wildman–Crippen MR) is 71.1 cm³/mol. The molecular formula is C15H20FNO2. The maximum atomic E-state index is 14.1. The molecule has 2 fully saturated rings. The van der Waals surface area contributed by atoms with Gasteiger partial charge in [-0.1, -0.05) is 6.07 Å². The van der Waals surface area contributed by atoms with Gasteiger partial charge in [0.15, 0.2) is 11.6 Å². The summed E-state index contributed by atoms with van der Waals surface area (Å²) in [6, 6.07) is 5.40. The molecule has 0 spiro atoms. The first-order valence-corrected chi connectivity index (χ1v) is 7.07. The van der Waals surface area contributed by atoms with Crippen LogP contribution in [0.1, 0.15) is 30.7 Å². The zero-order valence-corrected chi connectivity index (χ0v) is 11.0. The zero-order valence-electron chi connectivity index (χ0n) is 11.0. The van der Waals surface area contributed by atoms with Crippen LogP contribution >= 0.6 is 0 Å². The van der Waals surface area contributed by atoms with Crippen molar-refractivity contribution in [2.45, 2.75) is 31.3 Å². The van der Waals surface area contributed by atoms with Crippen molar-refractivity contribution in [1.82, 2.24) is 5.32 Å². The third kappa shape index (κ3) is 3.07. The highest BCUT2D eigenvalue weighted by Gasteiger charge is 2.20. The number of ether oxygens (including phenoxy) is 2. The van der Waals surface area contributed by atoms with Crippen LogP contribution in [-0.2, 0) is 4.74 Å². The van der Waals surface area contributed by atoms with Crippen LogP contribution in [-0.4, -0.2) is 32.4 Å². The average Bonchev–Trinajstić information content (AvgIpc) is 2.96. The SMILES string of the molecule is Fc1cc(C2CCNC2)ccc1OC1CCOCC1. The van der Waals surface area contributed by atoms with E-state index in [4.69, 9.17) is 9.47 Å². The lowest BCUT2D eigenvalue weighted by Crippen LogP contribution is -2.26. The normalized spacial score (nSPS) is 24.6. The van der Waals surface area contributed by atoms with Gasteiger partial charge in [-0.2, -0.15) is 0 Å². The molecule has 0 aromatic heterocycles. The van der Waals surface area contributed by atoms with Crippen molar-refractivity contribution in [3.63, 3.8) is 0 Å². The Bertz CT molecular complexity index is 426. The molecule has 1 N–H and O–H groups in total. The molecule has 0 amide bonds. The van der Waals surface area contributed by atoms with Crippen LogP contribution in [0.2, 0.25) is 0 Å². The Balaban J connectivity index is 1.68. The van der Waals surface area contributed by atoms with Crippen molar-refractivity contribution in [3.05, 3.63) is 29.6 Å². The Morgan fingerprint density at radius 1 is 1.21 bits per heavy atom. The lowest BCUT2D eigenvalue weighted by molar-refractivity contribution is 0.0240. The van der Waals surface area contributed by atoms with Crippen molar-refractivity contribution < 1.29 is 13.9 Å². The van der Waals surface area contributed by atoms with E-state index in [9.17, 15) is 4.39 Å². The summed E-state index contributed by atoms with van der Waals surface area (Å²) < 4.78 is 25.1. The molecule has 0 bridgehead atoms. The summed E-state index contributed by atoms with van der Waals surface area (Å²) in [6.07, 6.45) is 2.85. The predicted octanol–water partition coefficient (Wildman–Crippen LogP) is 2.46. The smallest absolute Gasteiger partial charge is 0.165 e. The standard InChI is InChI=1S/C15H20FNO2/c16-14-9-11(12-3-6-17-10-12)1-2-15(14)19-13-4-7-18-8-5-13/h1-2,9,12-13,17H,3-8,10H2. The summed E-state index contributed by atoms with van der Waals surface area (Å²) in [5.41, 5.74) is 1.07. The minimum atomic E-state index is -0.240. The average molecular weight is 265 g/mol. The van der Waals surface area contributed by atoms with Gasteiger partial charge in [0.25, 0.3) is 0 Å². The molecule has 2 saturated heterocycles. The Hall–Kier alpha value is -1.13. The van der Waals surface area contributed by atoms with Crippen LogP contribution in [0, 0.1) is 5.82 Å². The molecule has 2 aliphatic rings. The van der Waals surface area contributed by atoms with Crippen molar-refractivity contribution >= 4 is 0 Å². The minimum absolute atomic E-state index is 0.0854. The highest BCUT2D eigenvalue weighted by Crippen LogP contribution is 2.28. The molecule has 0 aliphatic carbocycles. The van der Waals surface area contributed by atoms with Gasteiger partial charge in [0.1, 0.15) is 6.10 Å². The van der Waals surface area contributed by atoms with Gasteiger partial charge in [0.05, 0.1) is 13.2 Å². The molecule has 104 valence electrons. The second-order valence-corrected chi connectivity index (χ2v) is 5.31. The molecule has 19 heavy (non-hydrogen) atoms. The number of halogens is 1. The highest BCUT2D eigenvalue weighted by atomic mass is 19.1. The Kier molecular flexibility index (Phi) is 3.99. The number of benzene rings is 1. The van der Waals surface area contributed by atoms with Crippen molar-refractivity contribution in [1.29, 1.82) is 0 Å². The lowest BCUT2D eigenvalue weighted by Gasteiger charge is -2.23. The van der Waals surface area contributed by atoms with Crippen LogP contribution in [0.25, 0.3) is 0 Å². The maximum Gasteiger partial charge on any atom is 0.165 e. The van der Waals surface area contributed by atoms with E-state index < -0.39 is 0 Å². The van der Waals surface area contributed by atoms with Gasteiger partial charge < -0.3 is 14.8 Å². The number of nitrogens with one attached hydrogen (secondary N) is 1. The molecule has 0 saturated carbocycles. The van der Waals surface area contributed by atoms with Crippen LogP contribution in [0.15, 0.2) is 18.2 Å². The quantitative estimate of drug-likeness (QED) is 0.910. The van der Waals surface area contributed by atoms with Crippen molar-refractivity contribution in [2.75, 3.05) is 26.3 Å². The molecule has 2 aliphatic heterocycles. The first-order valence-electron chi connectivity index (χ1n) is 7.07. The summed E-state index contributed by atoms with van der Waals surface area (Å²) in [5, 5.41) is 3.30. The van der Waals surface area contributed by atoms with E-state index in [-0.39, 0.29) is 11.9 Å². The Labute approximate surface area is 113 Å². The first kappa shape index (κ1) is 12.9. The highest BCUT2D eigenvalue weighted by molar-refractivity contribution is 5.32. The fourth-order valence-electron chi connectivity index (χ4n) is 2.78. The fraction of sp³-hybridized carbons (Fsp3) is 0.600. The van der Waals surface area contributed by atoms with E-state index in [1.54, 1.807) is 12.1 Å². The van der Waals surface area contributed by atoms with Crippen molar-refractivity contribution in [3.8, 4) is 5.75 Å². The summed E-state index contributed by atoms with van der Waals surface area (Å²) in [5.74, 6) is 0.573. The minimum Gasteiger partial charge on any atom is -0.487 e. The van der Waals surface area contributed by atoms with E-state index in [1.807, 2.05) is 6.07 Å². The molecule has 1 aromatic carbocycles. The van der Waals surface area contributed by atoms with Gasteiger partial charge in [-0.15, -0.1) is 0 Å². The molecule has 1 aromatic rings. The van der Waals surface area contributed by atoms with Gasteiger partial charge in [-0.25, -0.2) is 4.39 Å². The summed E-state index contributed by atoms with van der Waals surface area (Å²) in [6.45, 7) is 3.38. The number of rotatable bonds is 3. The number of hydrogen-bond donors (Lipinski definition) is 1. The van der Waals surface area contributed by atoms with Crippen LogP contribution in [0.3, 0.4) is 0 Å². The van der Waals surface area contributed by atoms with E-state index in [0.29, 0.717) is 24.9 Å². The van der Waals surface area contributed by atoms with Crippen LogP contribution in [0.5, 0.6) is 5.75 Å². The third-order valence-corrected chi connectivity index (χ3v) is 3.95. The molecule has 2 heterocycles. The van der Waals surface area contributed by atoms with Gasteiger partial charge in [0.2, 0.25) is 0 Å². The summed E-state index contributed by atoms with van der Waals surface area (Å²) >= 11 is 0. The largest absolute Gasteiger partial charge is 0.487 e. The molecular weight excluding hydrogens is 245 g/mol. The number of hydrogen-bond acceptors (Lipinski definition) is 3. The fourth-order valence-corrected chi connectivity index (χ4v) is 2.78. The zero-order chi connectivity index (χ0) is 13.1. The summed E-state index contributed by atoms with van der Waals surface area (Å²) in [4.78, 5) is 0. The molecule has 3 nitrogen and oxygen atoms in total. The van der Waals surface area contributed by atoms with E-state index in [1.165, 1.54) is 0 Å². The van der Waals surface area contributed by atoms with Crippen LogP contribution < -0.4 is 10.1 Å². The Morgan fingerprint density at radius 3 is 2.74 bits per heavy atom. The van der Waals surface area contributed by atoms with Gasteiger partial charge in [0, 0.05) is 19.4 Å². The van der Waals surface area contributed by atoms with Gasteiger partial charge in [-0.05, 0) is 36.6 Å². The second kappa shape index (κ2) is 5.88.